The number of benzene rings is 4. The number of nitrogens with two attached hydrogens (primary N) is 1. The topological polar surface area (TPSA) is 90.0 Å². The normalized spacial score (nSPS) is 11.8. The first kappa shape index (κ1) is 19.3. The van der Waals surface area contributed by atoms with E-state index in [4.69, 9.17) is 5.14 Å². The fourth-order valence-electron chi connectivity index (χ4n) is 3.99. The van der Waals surface area contributed by atoms with Gasteiger partial charge in [0.1, 0.15) is 0 Å². The van der Waals surface area contributed by atoms with Gasteiger partial charge in [-0.1, -0.05) is 54.6 Å². The maximum absolute atomic E-state index is 11.3. The van der Waals surface area contributed by atoms with Gasteiger partial charge in [0, 0.05) is 11.3 Å². The summed E-state index contributed by atoms with van der Waals surface area (Å²) >= 11 is 0. The summed E-state index contributed by atoms with van der Waals surface area (Å²) in [5, 5.41) is 14.5. The van der Waals surface area contributed by atoms with Gasteiger partial charge in [0.05, 0.1) is 17.1 Å². The highest BCUT2D eigenvalue weighted by Crippen LogP contribution is 2.34. The quantitative estimate of drug-likeness (QED) is 0.404. The van der Waals surface area contributed by atoms with E-state index in [-0.39, 0.29) is 0 Å². The second-order valence-electron chi connectivity index (χ2n) is 7.46. The van der Waals surface area contributed by atoms with Crippen LogP contribution in [0.1, 0.15) is 5.69 Å². The zero-order valence-electron chi connectivity index (χ0n) is 16.8. The molecule has 5 rings (SSSR count). The summed E-state index contributed by atoms with van der Waals surface area (Å²) in [7, 11) is -3.82. The number of aryl methyl sites for hydroxylation is 1. The van der Waals surface area contributed by atoms with Crippen molar-refractivity contribution in [2.24, 2.45) is 5.14 Å². The smallest absolute Gasteiger partial charge is 0.271 e. The van der Waals surface area contributed by atoms with Crippen molar-refractivity contribution in [1.82, 2.24) is 9.78 Å². The van der Waals surface area contributed by atoms with E-state index >= 15 is 0 Å². The molecule has 0 unspecified atom stereocenters. The number of nitrogens with zero attached hydrogens (tertiary/aromatic N) is 2. The van der Waals surface area contributed by atoms with E-state index in [1.54, 1.807) is 12.1 Å². The Morgan fingerprint density at radius 3 is 2.35 bits per heavy atom. The Labute approximate surface area is 180 Å². The minimum atomic E-state index is -3.82. The zero-order chi connectivity index (χ0) is 21.6. The zero-order valence-corrected chi connectivity index (χ0v) is 17.6. The molecular weight excluding hydrogens is 408 g/mol. The highest BCUT2D eigenvalue weighted by Gasteiger charge is 2.14. The first-order valence-corrected chi connectivity index (χ1v) is 11.3. The lowest BCUT2D eigenvalue weighted by molar-refractivity contribution is 0.603. The molecule has 5 aromatic rings. The number of nitrogens with one attached hydrogen (secondary N) is 1. The van der Waals surface area contributed by atoms with Crippen LogP contribution >= 0.6 is 0 Å². The van der Waals surface area contributed by atoms with Crippen LogP contribution in [0, 0.1) is 6.92 Å². The van der Waals surface area contributed by atoms with E-state index in [9.17, 15) is 8.42 Å². The highest BCUT2D eigenvalue weighted by molar-refractivity contribution is 7.90. The Bertz CT molecular complexity index is 1540. The van der Waals surface area contributed by atoms with Crippen molar-refractivity contribution in [2.45, 2.75) is 6.92 Å². The van der Waals surface area contributed by atoms with Crippen molar-refractivity contribution in [3.05, 3.63) is 90.6 Å². The van der Waals surface area contributed by atoms with Gasteiger partial charge in [-0.2, -0.15) is 13.5 Å². The molecule has 0 aliphatic rings. The van der Waals surface area contributed by atoms with Crippen molar-refractivity contribution in [1.29, 1.82) is 0 Å². The predicted molar refractivity (Wildman–Crippen MR) is 125 cm³/mol. The molecule has 31 heavy (non-hydrogen) atoms. The fraction of sp³-hybridized carbons (Fsp3) is 0.0417. The molecular formula is C24H20N4O2S. The Hall–Kier alpha value is -3.68. The molecule has 4 aromatic carbocycles. The van der Waals surface area contributed by atoms with Gasteiger partial charge in [-0.15, -0.1) is 0 Å². The summed E-state index contributed by atoms with van der Waals surface area (Å²) in [6.07, 6.45) is 0. The van der Waals surface area contributed by atoms with Crippen molar-refractivity contribution in [3.8, 4) is 16.9 Å². The first-order valence-electron chi connectivity index (χ1n) is 9.77. The molecule has 0 spiro atoms. The van der Waals surface area contributed by atoms with Crippen LogP contribution in [0.4, 0.5) is 5.69 Å². The monoisotopic (exact) mass is 428 g/mol. The number of anilines is 1. The molecule has 154 valence electrons. The maximum Gasteiger partial charge on any atom is 0.296 e. The molecule has 1 heterocycles. The highest BCUT2D eigenvalue weighted by atomic mass is 32.2. The molecule has 3 N–H and O–H groups in total. The van der Waals surface area contributed by atoms with Crippen LogP contribution < -0.4 is 9.86 Å². The van der Waals surface area contributed by atoms with Gasteiger partial charge in [0.25, 0.3) is 10.2 Å². The second kappa shape index (κ2) is 7.23. The number of rotatable bonds is 4. The fourth-order valence-corrected chi connectivity index (χ4v) is 4.45. The van der Waals surface area contributed by atoms with Crippen molar-refractivity contribution in [2.75, 3.05) is 4.72 Å². The third-order valence-electron chi connectivity index (χ3n) is 5.27. The van der Waals surface area contributed by atoms with Crippen LogP contribution in [-0.2, 0) is 10.2 Å². The number of hydrogen-bond acceptors (Lipinski definition) is 3. The van der Waals surface area contributed by atoms with Crippen LogP contribution in [0.2, 0.25) is 0 Å². The Kier molecular flexibility index (Phi) is 4.50. The molecule has 0 saturated carbocycles. The maximum atomic E-state index is 11.3. The van der Waals surface area contributed by atoms with Gasteiger partial charge in [-0.25, -0.2) is 9.82 Å². The summed E-state index contributed by atoms with van der Waals surface area (Å²) in [4.78, 5) is 0. The molecule has 0 aliphatic carbocycles. The average molecular weight is 429 g/mol. The van der Waals surface area contributed by atoms with Crippen LogP contribution in [-0.4, -0.2) is 18.2 Å². The van der Waals surface area contributed by atoms with Crippen LogP contribution in [0.5, 0.6) is 0 Å². The van der Waals surface area contributed by atoms with Gasteiger partial charge in [0.2, 0.25) is 0 Å². The molecule has 0 saturated heterocycles. The number of hydrogen-bond donors (Lipinski definition) is 2. The lowest BCUT2D eigenvalue weighted by atomic mass is 9.97. The van der Waals surface area contributed by atoms with Crippen LogP contribution in [0.3, 0.4) is 0 Å². The molecule has 0 radical (unpaired) electrons. The van der Waals surface area contributed by atoms with Gasteiger partial charge >= 0.3 is 0 Å². The molecule has 0 amide bonds. The van der Waals surface area contributed by atoms with E-state index in [2.05, 4.69) is 64.4 Å². The summed E-state index contributed by atoms with van der Waals surface area (Å²) in [5.74, 6) is 0. The molecule has 7 heteroatoms. The third-order valence-corrected chi connectivity index (χ3v) is 5.79. The predicted octanol–water partition coefficient (Wildman–Crippen LogP) is 4.77. The van der Waals surface area contributed by atoms with Gasteiger partial charge < -0.3 is 0 Å². The third kappa shape index (κ3) is 3.65. The van der Waals surface area contributed by atoms with E-state index in [0.717, 1.165) is 28.0 Å². The molecule has 0 fully saturated rings. The Morgan fingerprint density at radius 1 is 0.839 bits per heavy atom. The minimum absolute atomic E-state index is 0.397. The minimum Gasteiger partial charge on any atom is -0.271 e. The molecule has 0 aliphatic heterocycles. The largest absolute Gasteiger partial charge is 0.296 e. The Morgan fingerprint density at radius 2 is 1.58 bits per heavy atom. The van der Waals surface area contributed by atoms with E-state index in [1.165, 1.54) is 16.2 Å². The molecule has 1 aromatic heterocycles. The lowest BCUT2D eigenvalue weighted by Gasteiger charge is -2.12. The second-order valence-corrected chi connectivity index (χ2v) is 8.76. The Balaban J connectivity index is 1.66. The summed E-state index contributed by atoms with van der Waals surface area (Å²) < 4.78 is 26.7. The van der Waals surface area contributed by atoms with Gasteiger partial charge in [0.15, 0.2) is 0 Å². The molecule has 0 atom stereocenters. The SMILES string of the molecule is Cc1cc(-c2cccc3c2ccc2ccccc23)n(-c2ccc(NS(N)(=O)=O)cc2)n1. The van der Waals surface area contributed by atoms with Gasteiger partial charge in [-0.05, 0) is 58.8 Å². The summed E-state index contributed by atoms with van der Waals surface area (Å²) in [5.41, 5.74) is 4.15. The van der Waals surface area contributed by atoms with Gasteiger partial charge in [-0.3, -0.25) is 4.72 Å². The molecule has 6 nitrogen and oxygen atoms in total. The van der Waals surface area contributed by atoms with E-state index in [0.29, 0.717) is 5.69 Å². The lowest BCUT2D eigenvalue weighted by Crippen LogP contribution is -2.21. The van der Waals surface area contributed by atoms with E-state index in [1.807, 2.05) is 29.8 Å². The van der Waals surface area contributed by atoms with E-state index < -0.39 is 10.2 Å². The molecule has 0 bridgehead atoms. The first-order chi connectivity index (χ1) is 14.9. The summed E-state index contributed by atoms with van der Waals surface area (Å²) in [6.45, 7) is 1.96. The summed E-state index contributed by atoms with van der Waals surface area (Å²) in [6, 6.07) is 28.0. The van der Waals surface area contributed by atoms with Crippen LogP contribution in [0.25, 0.3) is 38.5 Å². The standard InChI is InChI=1S/C24H20N4O2S/c1-16-15-24(28(26-16)19-12-10-18(11-13-19)27-31(25,29)30)23-8-4-7-21-20-6-3-2-5-17(20)9-14-22(21)23/h2-15,27H,1H3,(H2,25,29,30). The van der Waals surface area contributed by atoms with Crippen molar-refractivity contribution in [3.63, 3.8) is 0 Å². The number of fused-ring (bicyclic) bond motifs is 3. The van der Waals surface area contributed by atoms with Crippen molar-refractivity contribution >= 4 is 37.4 Å². The van der Waals surface area contributed by atoms with Crippen LogP contribution in [0.15, 0.2) is 84.9 Å². The average Bonchev–Trinajstić information content (AvgIpc) is 3.14. The number of aromatic nitrogens is 2. The van der Waals surface area contributed by atoms with Crippen molar-refractivity contribution < 1.29 is 8.42 Å².